The first kappa shape index (κ1) is 29.4. The van der Waals surface area contributed by atoms with Gasteiger partial charge < -0.3 is 35.6 Å². The lowest BCUT2D eigenvalue weighted by molar-refractivity contribution is -0.123. The molecule has 4 heterocycles. The molecule has 224 valence electrons. The molecule has 4 amide bonds. The SMILES string of the molecule is Cc1occc1C(=O)N1CCCCNC(=O)[C@H](Cc2c[nH]c3ccccc23)NC(=O)c2cccc(n2)NCCNC(=O)C1. The average Bonchev–Trinajstić information content (AvgIpc) is 3.63. The number of nitrogens with zero attached hydrogens (tertiary/aromatic N) is 2. The van der Waals surface area contributed by atoms with Crippen molar-refractivity contribution in [2.45, 2.75) is 32.2 Å². The van der Waals surface area contributed by atoms with Crippen LogP contribution in [0, 0.1) is 6.92 Å². The monoisotopic (exact) mass is 585 g/mol. The van der Waals surface area contributed by atoms with Crippen LogP contribution in [0.1, 0.15) is 45.0 Å². The maximum atomic E-state index is 13.4. The van der Waals surface area contributed by atoms with Gasteiger partial charge in [-0.05, 0) is 49.6 Å². The summed E-state index contributed by atoms with van der Waals surface area (Å²) < 4.78 is 5.30. The molecular formula is C31H35N7O5. The van der Waals surface area contributed by atoms with E-state index in [1.165, 1.54) is 11.2 Å². The summed E-state index contributed by atoms with van der Waals surface area (Å²) in [5.41, 5.74) is 2.41. The van der Waals surface area contributed by atoms with Gasteiger partial charge in [-0.3, -0.25) is 19.2 Å². The van der Waals surface area contributed by atoms with Crippen LogP contribution in [0.2, 0.25) is 0 Å². The van der Waals surface area contributed by atoms with Crippen LogP contribution >= 0.6 is 0 Å². The number of nitrogens with one attached hydrogen (secondary N) is 5. The van der Waals surface area contributed by atoms with Gasteiger partial charge >= 0.3 is 0 Å². The first-order valence-corrected chi connectivity index (χ1v) is 14.3. The summed E-state index contributed by atoms with van der Waals surface area (Å²) in [6, 6.07) is 13.5. The van der Waals surface area contributed by atoms with Crippen LogP contribution in [0.5, 0.6) is 0 Å². The highest BCUT2D eigenvalue weighted by molar-refractivity contribution is 5.98. The summed E-state index contributed by atoms with van der Waals surface area (Å²) in [7, 11) is 0. The molecule has 1 atom stereocenters. The largest absolute Gasteiger partial charge is 0.469 e. The van der Waals surface area contributed by atoms with Crippen molar-refractivity contribution in [3.63, 3.8) is 0 Å². The van der Waals surface area contributed by atoms with Crippen LogP contribution in [0.15, 0.2) is 65.4 Å². The number of hydrogen-bond donors (Lipinski definition) is 5. The molecule has 1 aromatic carbocycles. The first-order valence-electron chi connectivity index (χ1n) is 14.3. The van der Waals surface area contributed by atoms with Crippen molar-refractivity contribution in [2.24, 2.45) is 0 Å². The van der Waals surface area contributed by atoms with Gasteiger partial charge in [0, 0.05) is 49.7 Å². The molecule has 5 rings (SSSR count). The minimum atomic E-state index is -0.851. The van der Waals surface area contributed by atoms with E-state index in [4.69, 9.17) is 4.42 Å². The van der Waals surface area contributed by atoms with Gasteiger partial charge in [-0.15, -0.1) is 0 Å². The highest BCUT2D eigenvalue weighted by atomic mass is 16.3. The Hall–Kier alpha value is -5.13. The van der Waals surface area contributed by atoms with Crippen LogP contribution in [0.4, 0.5) is 5.82 Å². The Bertz CT molecular complexity index is 1610. The quantitative estimate of drug-likeness (QED) is 0.247. The predicted molar refractivity (Wildman–Crippen MR) is 161 cm³/mol. The molecule has 0 spiro atoms. The number of pyridine rings is 1. The normalized spacial score (nSPS) is 17.6. The zero-order chi connectivity index (χ0) is 30.2. The summed E-state index contributed by atoms with van der Waals surface area (Å²) in [5, 5.41) is 12.7. The van der Waals surface area contributed by atoms with E-state index in [1.54, 1.807) is 31.2 Å². The minimum absolute atomic E-state index is 0.116. The fourth-order valence-corrected chi connectivity index (χ4v) is 5.04. The number of rotatable bonds is 3. The Kier molecular flexibility index (Phi) is 9.35. The number of fused-ring (bicyclic) bond motifs is 3. The van der Waals surface area contributed by atoms with Gasteiger partial charge in [0.2, 0.25) is 11.8 Å². The summed E-state index contributed by atoms with van der Waals surface area (Å²) in [6.45, 7) is 2.87. The standard InChI is InChI=1S/C31H35N7O5/c1-20-22(11-16-43-20)31(42)38-15-5-4-12-34-29(40)26(17-21-18-35-24-8-3-2-7-23(21)24)37-30(41)25-9-6-10-27(36-25)32-13-14-33-28(39)19-38/h2-3,6-11,16,18,26,35H,4-5,12-15,17,19H2,1H3,(H,32,36)(H,33,39)(H,34,40)(H,37,41)/t26-/m0/s1. The molecule has 12 nitrogen and oxygen atoms in total. The molecule has 5 N–H and O–H groups in total. The average molecular weight is 586 g/mol. The zero-order valence-electron chi connectivity index (χ0n) is 23.9. The Morgan fingerprint density at radius 1 is 0.977 bits per heavy atom. The molecule has 43 heavy (non-hydrogen) atoms. The summed E-state index contributed by atoms with van der Waals surface area (Å²) in [6.07, 6.45) is 4.68. The number of aromatic amines is 1. The third-order valence-electron chi connectivity index (χ3n) is 7.32. The van der Waals surface area contributed by atoms with Gasteiger partial charge in [0.1, 0.15) is 23.3 Å². The van der Waals surface area contributed by atoms with Gasteiger partial charge in [0.15, 0.2) is 0 Å². The maximum Gasteiger partial charge on any atom is 0.270 e. The van der Waals surface area contributed by atoms with Gasteiger partial charge in [-0.25, -0.2) is 4.98 Å². The van der Waals surface area contributed by atoms with Gasteiger partial charge in [-0.2, -0.15) is 0 Å². The maximum absolute atomic E-state index is 13.4. The molecule has 0 saturated heterocycles. The number of para-hydroxylation sites is 1. The summed E-state index contributed by atoms with van der Waals surface area (Å²) in [5.74, 6) is -0.466. The molecule has 3 aromatic heterocycles. The second kappa shape index (κ2) is 13.7. The van der Waals surface area contributed by atoms with Crippen molar-refractivity contribution in [3.05, 3.63) is 83.6 Å². The third kappa shape index (κ3) is 7.39. The number of amides is 4. The van der Waals surface area contributed by atoms with E-state index in [-0.39, 0.29) is 42.9 Å². The molecule has 2 bridgehead atoms. The minimum Gasteiger partial charge on any atom is -0.469 e. The van der Waals surface area contributed by atoms with Crippen LogP contribution in [-0.2, 0) is 16.0 Å². The molecule has 12 heteroatoms. The van der Waals surface area contributed by atoms with Crippen molar-refractivity contribution in [3.8, 4) is 0 Å². The van der Waals surface area contributed by atoms with Gasteiger partial charge in [0.05, 0.1) is 18.4 Å². The van der Waals surface area contributed by atoms with Crippen molar-refractivity contribution >= 4 is 40.3 Å². The fourth-order valence-electron chi connectivity index (χ4n) is 5.04. The molecule has 0 radical (unpaired) electrons. The van der Waals surface area contributed by atoms with Crippen molar-refractivity contribution in [1.29, 1.82) is 0 Å². The number of carbonyl (C=O) groups is 4. The second-order valence-corrected chi connectivity index (χ2v) is 10.4. The van der Waals surface area contributed by atoms with E-state index in [0.29, 0.717) is 49.6 Å². The second-order valence-electron chi connectivity index (χ2n) is 10.4. The van der Waals surface area contributed by atoms with Crippen molar-refractivity contribution in [2.75, 3.05) is 38.0 Å². The van der Waals surface area contributed by atoms with Gasteiger partial charge in [-0.1, -0.05) is 24.3 Å². The highest BCUT2D eigenvalue weighted by Gasteiger charge is 2.25. The Morgan fingerprint density at radius 2 is 1.81 bits per heavy atom. The number of carbonyl (C=O) groups excluding carboxylic acids is 4. The number of anilines is 1. The Balaban J connectivity index is 1.34. The molecular weight excluding hydrogens is 550 g/mol. The van der Waals surface area contributed by atoms with E-state index in [1.807, 2.05) is 30.5 Å². The topological polar surface area (TPSA) is 161 Å². The van der Waals surface area contributed by atoms with Gasteiger partial charge in [0.25, 0.3) is 11.8 Å². The molecule has 0 saturated carbocycles. The lowest BCUT2D eigenvalue weighted by Crippen LogP contribution is -2.48. The number of benzene rings is 1. The number of furan rings is 1. The lowest BCUT2D eigenvalue weighted by Gasteiger charge is -2.22. The molecule has 1 aliphatic rings. The first-order chi connectivity index (χ1) is 20.9. The molecule has 0 fully saturated rings. The van der Waals surface area contributed by atoms with Crippen molar-refractivity contribution in [1.82, 2.24) is 30.8 Å². The van der Waals surface area contributed by atoms with E-state index >= 15 is 0 Å². The zero-order valence-corrected chi connectivity index (χ0v) is 23.9. The lowest BCUT2D eigenvalue weighted by atomic mass is 10.0. The van der Waals surface area contributed by atoms with E-state index < -0.39 is 11.9 Å². The molecule has 0 aliphatic carbocycles. The summed E-state index contributed by atoms with van der Waals surface area (Å²) >= 11 is 0. The Morgan fingerprint density at radius 3 is 2.65 bits per heavy atom. The smallest absolute Gasteiger partial charge is 0.270 e. The number of hydrogen-bond acceptors (Lipinski definition) is 7. The molecule has 0 unspecified atom stereocenters. The van der Waals surface area contributed by atoms with E-state index in [2.05, 4.69) is 31.2 Å². The highest BCUT2D eigenvalue weighted by Crippen LogP contribution is 2.19. The molecule has 1 aliphatic heterocycles. The Labute approximate surface area is 248 Å². The summed E-state index contributed by atoms with van der Waals surface area (Å²) in [4.78, 5) is 61.7. The van der Waals surface area contributed by atoms with Crippen LogP contribution in [0.25, 0.3) is 10.9 Å². The third-order valence-corrected chi connectivity index (χ3v) is 7.32. The van der Waals surface area contributed by atoms with Crippen LogP contribution in [-0.4, -0.2) is 77.3 Å². The number of aryl methyl sites for hydroxylation is 1. The number of aromatic nitrogens is 2. The van der Waals surface area contributed by atoms with Crippen LogP contribution < -0.4 is 21.3 Å². The van der Waals surface area contributed by atoms with Crippen LogP contribution in [0.3, 0.4) is 0 Å². The van der Waals surface area contributed by atoms with E-state index in [9.17, 15) is 19.2 Å². The predicted octanol–water partition coefficient (Wildman–Crippen LogP) is 2.39. The van der Waals surface area contributed by atoms with Crippen molar-refractivity contribution < 1.29 is 23.6 Å². The van der Waals surface area contributed by atoms with E-state index in [0.717, 1.165) is 16.5 Å². The fraction of sp³-hybridized carbons (Fsp3) is 0.323. The number of H-pyrrole nitrogens is 1. The molecule has 4 aromatic rings.